The molecule has 2 atom stereocenters. The molecule has 1 heterocycles. The highest BCUT2D eigenvalue weighted by Gasteiger charge is 2.27. The van der Waals surface area contributed by atoms with Gasteiger partial charge in [-0.25, -0.2) is 4.39 Å². The van der Waals surface area contributed by atoms with Gasteiger partial charge in [0.1, 0.15) is 19.4 Å². The molecule has 0 amide bonds. The predicted octanol–water partition coefficient (Wildman–Crippen LogP) is 1.62. The summed E-state index contributed by atoms with van der Waals surface area (Å²) in [5.74, 6) is -1.16. The van der Waals surface area contributed by atoms with Gasteiger partial charge in [-0.3, -0.25) is 4.79 Å². The van der Waals surface area contributed by atoms with Crippen molar-refractivity contribution in [2.24, 2.45) is 5.73 Å². The van der Waals surface area contributed by atoms with Crippen LogP contribution in [0.5, 0.6) is 11.5 Å². The van der Waals surface area contributed by atoms with Crippen molar-refractivity contribution in [2.75, 3.05) is 19.8 Å². The fraction of sp³-hybridized carbons (Fsp3) is 0.462. The summed E-state index contributed by atoms with van der Waals surface area (Å²) in [4.78, 5) is 11.2. The standard InChI is InChI=1S/C13H16FNO4/c1-7(14)8-4-11-12(19-3-2-18-11)5-9(8)10(6-15)13(16)17/h4-5,7,10H,2-3,6,15H2,1H3,(H,16,17). The second-order valence-electron chi connectivity index (χ2n) is 4.37. The Kier molecular flexibility index (Phi) is 3.90. The molecule has 0 saturated carbocycles. The van der Waals surface area contributed by atoms with Gasteiger partial charge in [0.25, 0.3) is 0 Å². The molecule has 2 rings (SSSR count). The molecule has 0 spiro atoms. The molecule has 0 radical (unpaired) electrons. The second kappa shape index (κ2) is 5.44. The van der Waals surface area contributed by atoms with Crippen molar-refractivity contribution in [3.63, 3.8) is 0 Å². The Bertz CT molecular complexity index is 490. The van der Waals surface area contributed by atoms with Crippen LogP contribution in [-0.4, -0.2) is 30.8 Å². The van der Waals surface area contributed by atoms with E-state index in [1.54, 1.807) is 0 Å². The minimum Gasteiger partial charge on any atom is -0.486 e. The van der Waals surface area contributed by atoms with Gasteiger partial charge < -0.3 is 20.3 Å². The molecule has 1 aliphatic rings. The number of carbonyl (C=O) groups is 1. The molecular formula is C13H16FNO4. The second-order valence-corrected chi connectivity index (χ2v) is 4.37. The maximum absolute atomic E-state index is 13.7. The molecule has 1 aliphatic heterocycles. The van der Waals surface area contributed by atoms with E-state index in [0.717, 1.165) is 0 Å². The van der Waals surface area contributed by atoms with Crippen LogP contribution in [0, 0.1) is 0 Å². The topological polar surface area (TPSA) is 81.8 Å². The van der Waals surface area contributed by atoms with Crippen molar-refractivity contribution in [1.29, 1.82) is 0 Å². The van der Waals surface area contributed by atoms with E-state index in [-0.39, 0.29) is 12.1 Å². The summed E-state index contributed by atoms with van der Waals surface area (Å²) in [6, 6.07) is 3.02. The predicted molar refractivity (Wildman–Crippen MR) is 66.4 cm³/mol. The van der Waals surface area contributed by atoms with Crippen molar-refractivity contribution < 1.29 is 23.8 Å². The van der Waals surface area contributed by atoms with E-state index in [4.69, 9.17) is 20.3 Å². The molecule has 3 N–H and O–H groups in total. The Morgan fingerprint density at radius 2 is 1.89 bits per heavy atom. The third-order valence-electron chi connectivity index (χ3n) is 3.09. The fourth-order valence-electron chi connectivity index (χ4n) is 2.13. The SMILES string of the molecule is CC(F)c1cc2c(cc1C(CN)C(=O)O)OCCO2. The highest BCUT2D eigenvalue weighted by Crippen LogP contribution is 2.39. The number of rotatable bonds is 4. The van der Waals surface area contributed by atoms with Gasteiger partial charge in [-0.2, -0.15) is 0 Å². The Balaban J connectivity index is 2.53. The molecular weight excluding hydrogens is 253 g/mol. The largest absolute Gasteiger partial charge is 0.486 e. The van der Waals surface area contributed by atoms with Crippen LogP contribution in [0.2, 0.25) is 0 Å². The lowest BCUT2D eigenvalue weighted by molar-refractivity contribution is -0.138. The number of hydrogen-bond donors (Lipinski definition) is 2. The number of aliphatic carboxylic acids is 1. The Morgan fingerprint density at radius 3 is 2.32 bits per heavy atom. The van der Waals surface area contributed by atoms with Gasteiger partial charge in [-0.1, -0.05) is 0 Å². The molecule has 0 saturated heterocycles. The maximum Gasteiger partial charge on any atom is 0.312 e. The van der Waals surface area contributed by atoms with Gasteiger partial charge in [0, 0.05) is 6.54 Å². The van der Waals surface area contributed by atoms with Crippen molar-refractivity contribution in [1.82, 2.24) is 0 Å². The van der Waals surface area contributed by atoms with E-state index in [1.165, 1.54) is 19.1 Å². The number of nitrogens with two attached hydrogens (primary N) is 1. The van der Waals surface area contributed by atoms with Crippen molar-refractivity contribution >= 4 is 5.97 Å². The highest BCUT2D eigenvalue weighted by molar-refractivity contribution is 5.77. The molecule has 1 aromatic carbocycles. The van der Waals surface area contributed by atoms with Crippen LogP contribution in [0.25, 0.3) is 0 Å². The van der Waals surface area contributed by atoms with Crippen LogP contribution >= 0.6 is 0 Å². The molecule has 0 aromatic heterocycles. The Labute approximate surface area is 110 Å². The Morgan fingerprint density at radius 1 is 1.37 bits per heavy atom. The van der Waals surface area contributed by atoms with Gasteiger partial charge in [-0.05, 0) is 30.2 Å². The molecule has 0 fully saturated rings. The van der Waals surface area contributed by atoms with Crippen LogP contribution in [0.15, 0.2) is 12.1 Å². The van der Waals surface area contributed by atoms with Crippen molar-refractivity contribution in [3.05, 3.63) is 23.3 Å². The lowest BCUT2D eigenvalue weighted by atomic mass is 9.91. The van der Waals surface area contributed by atoms with E-state index >= 15 is 0 Å². The van der Waals surface area contributed by atoms with E-state index in [1.807, 2.05) is 0 Å². The normalized spacial score (nSPS) is 16.8. The molecule has 2 unspecified atom stereocenters. The summed E-state index contributed by atoms with van der Waals surface area (Å²) in [5, 5.41) is 9.16. The number of halogens is 1. The van der Waals surface area contributed by atoms with Gasteiger partial charge in [0.15, 0.2) is 11.5 Å². The lowest BCUT2D eigenvalue weighted by Crippen LogP contribution is -2.23. The van der Waals surface area contributed by atoms with Crippen LogP contribution in [0.4, 0.5) is 4.39 Å². The highest BCUT2D eigenvalue weighted by atomic mass is 19.1. The smallest absolute Gasteiger partial charge is 0.312 e. The zero-order valence-electron chi connectivity index (χ0n) is 10.6. The first kappa shape index (κ1) is 13.6. The van der Waals surface area contributed by atoms with Crippen LogP contribution < -0.4 is 15.2 Å². The van der Waals surface area contributed by atoms with Gasteiger partial charge in [0.2, 0.25) is 0 Å². The molecule has 1 aromatic rings. The number of alkyl halides is 1. The third kappa shape index (κ3) is 2.63. The van der Waals surface area contributed by atoms with E-state index in [2.05, 4.69) is 0 Å². The average molecular weight is 269 g/mol. The number of fused-ring (bicyclic) bond motifs is 1. The van der Waals surface area contributed by atoms with Crippen LogP contribution in [0.1, 0.15) is 30.1 Å². The summed E-state index contributed by atoms with van der Waals surface area (Å²) in [7, 11) is 0. The van der Waals surface area contributed by atoms with Gasteiger partial charge >= 0.3 is 5.97 Å². The molecule has 0 aliphatic carbocycles. The first-order valence-corrected chi connectivity index (χ1v) is 6.05. The monoisotopic (exact) mass is 269 g/mol. The molecule has 5 nitrogen and oxygen atoms in total. The first-order valence-electron chi connectivity index (χ1n) is 6.05. The molecule has 6 heteroatoms. The van der Waals surface area contributed by atoms with Crippen molar-refractivity contribution in [2.45, 2.75) is 19.0 Å². The summed E-state index contributed by atoms with van der Waals surface area (Å²) >= 11 is 0. The zero-order valence-corrected chi connectivity index (χ0v) is 10.6. The lowest BCUT2D eigenvalue weighted by Gasteiger charge is -2.23. The van der Waals surface area contributed by atoms with Crippen molar-refractivity contribution in [3.8, 4) is 11.5 Å². The van der Waals surface area contributed by atoms with Crippen LogP contribution in [0.3, 0.4) is 0 Å². The minimum atomic E-state index is -1.31. The number of ether oxygens (including phenoxy) is 2. The van der Waals surface area contributed by atoms with E-state index in [0.29, 0.717) is 30.3 Å². The molecule has 0 bridgehead atoms. The number of carboxylic acids is 1. The van der Waals surface area contributed by atoms with E-state index < -0.39 is 18.1 Å². The maximum atomic E-state index is 13.7. The number of benzene rings is 1. The third-order valence-corrected chi connectivity index (χ3v) is 3.09. The molecule has 104 valence electrons. The van der Waals surface area contributed by atoms with Crippen LogP contribution in [-0.2, 0) is 4.79 Å². The number of carboxylic acid groups (broad SMARTS) is 1. The first-order chi connectivity index (χ1) is 9.04. The fourth-order valence-corrected chi connectivity index (χ4v) is 2.13. The minimum absolute atomic E-state index is 0.102. The zero-order chi connectivity index (χ0) is 14.0. The summed E-state index contributed by atoms with van der Waals surface area (Å²) in [5.41, 5.74) is 6.10. The molecule has 19 heavy (non-hydrogen) atoms. The summed E-state index contributed by atoms with van der Waals surface area (Å²) in [6.07, 6.45) is -1.31. The summed E-state index contributed by atoms with van der Waals surface area (Å²) in [6.45, 7) is 2.03. The number of hydrogen-bond acceptors (Lipinski definition) is 4. The van der Waals surface area contributed by atoms with E-state index in [9.17, 15) is 9.18 Å². The van der Waals surface area contributed by atoms with Gasteiger partial charge in [0.05, 0.1) is 5.92 Å². The average Bonchev–Trinajstić information content (AvgIpc) is 2.38. The quantitative estimate of drug-likeness (QED) is 0.868. The summed E-state index contributed by atoms with van der Waals surface area (Å²) < 4.78 is 24.5. The van der Waals surface area contributed by atoms with Gasteiger partial charge in [-0.15, -0.1) is 0 Å². The Hall–Kier alpha value is -1.82.